The van der Waals surface area contributed by atoms with Gasteiger partial charge in [-0.3, -0.25) is 4.79 Å². The van der Waals surface area contributed by atoms with Gasteiger partial charge in [0.05, 0.1) is 7.11 Å². The second-order valence-corrected chi connectivity index (χ2v) is 3.88. The Balaban J connectivity index is 2.43. The van der Waals surface area contributed by atoms with E-state index >= 15 is 0 Å². The number of nitrogens with zero attached hydrogens (tertiary/aromatic N) is 2. The second kappa shape index (κ2) is 6.03. The smallest absolute Gasteiger partial charge is 0.396 e. The van der Waals surface area contributed by atoms with E-state index in [4.69, 9.17) is 0 Å². The molecule has 0 aliphatic heterocycles. The molecule has 1 rings (SSSR count). The van der Waals surface area contributed by atoms with Crippen LogP contribution in [0.4, 0.5) is 0 Å². The van der Waals surface area contributed by atoms with Crippen LogP contribution in [0.1, 0.15) is 25.6 Å². The quantitative estimate of drug-likeness (QED) is 0.605. The van der Waals surface area contributed by atoms with E-state index < -0.39 is 11.9 Å². The molecule has 1 aromatic rings. The SMILES string of the molecule is COC(=O)C(=O)NCCn1ccnc1C(C)C. The highest BCUT2D eigenvalue weighted by atomic mass is 16.5. The van der Waals surface area contributed by atoms with Gasteiger partial charge < -0.3 is 14.6 Å². The van der Waals surface area contributed by atoms with Crippen molar-refractivity contribution < 1.29 is 14.3 Å². The number of hydrogen-bond acceptors (Lipinski definition) is 4. The topological polar surface area (TPSA) is 73.2 Å². The summed E-state index contributed by atoms with van der Waals surface area (Å²) in [5, 5.41) is 2.48. The lowest BCUT2D eigenvalue weighted by molar-refractivity contribution is -0.152. The lowest BCUT2D eigenvalue weighted by atomic mass is 10.2. The summed E-state index contributed by atoms with van der Waals surface area (Å²) >= 11 is 0. The van der Waals surface area contributed by atoms with Crippen molar-refractivity contribution in [3.8, 4) is 0 Å². The maximum Gasteiger partial charge on any atom is 0.396 e. The van der Waals surface area contributed by atoms with E-state index in [2.05, 4.69) is 15.0 Å². The van der Waals surface area contributed by atoms with Gasteiger partial charge in [0, 0.05) is 31.4 Å². The number of esters is 1. The van der Waals surface area contributed by atoms with E-state index in [1.165, 1.54) is 7.11 Å². The highest BCUT2D eigenvalue weighted by Gasteiger charge is 2.13. The fourth-order valence-corrected chi connectivity index (χ4v) is 1.47. The molecule has 1 amide bonds. The molecule has 1 heterocycles. The molecule has 6 nitrogen and oxygen atoms in total. The zero-order valence-electron chi connectivity index (χ0n) is 10.3. The Kier molecular flexibility index (Phi) is 4.68. The number of imidazole rings is 1. The van der Waals surface area contributed by atoms with Gasteiger partial charge in [0.1, 0.15) is 5.82 Å². The molecule has 0 aliphatic carbocycles. The fraction of sp³-hybridized carbons (Fsp3) is 0.545. The molecule has 0 unspecified atom stereocenters. The van der Waals surface area contributed by atoms with Gasteiger partial charge in [-0.2, -0.15) is 0 Å². The fourth-order valence-electron chi connectivity index (χ4n) is 1.47. The van der Waals surface area contributed by atoms with Crippen LogP contribution in [0.5, 0.6) is 0 Å². The Bertz CT molecular complexity index is 398. The minimum Gasteiger partial charge on any atom is -0.462 e. The molecule has 1 N–H and O–H groups in total. The van der Waals surface area contributed by atoms with Crippen LogP contribution in [0.3, 0.4) is 0 Å². The van der Waals surface area contributed by atoms with Crippen molar-refractivity contribution in [1.29, 1.82) is 0 Å². The molecular formula is C11H17N3O3. The van der Waals surface area contributed by atoms with Crippen LogP contribution < -0.4 is 5.32 Å². The van der Waals surface area contributed by atoms with Crippen molar-refractivity contribution in [2.75, 3.05) is 13.7 Å². The first kappa shape index (κ1) is 13.2. The Morgan fingerprint density at radius 1 is 1.53 bits per heavy atom. The van der Waals surface area contributed by atoms with Gasteiger partial charge in [-0.15, -0.1) is 0 Å². The number of carbonyl (C=O) groups is 2. The van der Waals surface area contributed by atoms with Crippen molar-refractivity contribution in [2.24, 2.45) is 0 Å². The number of carbonyl (C=O) groups excluding carboxylic acids is 2. The van der Waals surface area contributed by atoms with Gasteiger partial charge in [0.15, 0.2) is 0 Å². The molecule has 0 spiro atoms. The lowest BCUT2D eigenvalue weighted by Gasteiger charge is -2.10. The average molecular weight is 239 g/mol. The van der Waals surface area contributed by atoms with Crippen LogP contribution in [0.2, 0.25) is 0 Å². The van der Waals surface area contributed by atoms with E-state index in [0.29, 0.717) is 19.0 Å². The molecule has 0 saturated heterocycles. The van der Waals surface area contributed by atoms with Gasteiger partial charge in [-0.1, -0.05) is 13.8 Å². The van der Waals surface area contributed by atoms with Crippen LogP contribution in [-0.4, -0.2) is 35.1 Å². The first-order valence-electron chi connectivity index (χ1n) is 5.43. The predicted molar refractivity (Wildman–Crippen MR) is 61.3 cm³/mol. The Morgan fingerprint density at radius 2 is 2.24 bits per heavy atom. The number of ether oxygens (including phenoxy) is 1. The lowest BCUT2D eigenvalue weighted by Crippen LogP contribution is -2.34. The molecule has 0 radical (unpaired) electrons. The third-order valence-corrected chi connectivity index (χ3v) is 2.27. The van der Waals surface area contributed by atoms with E-state index in [9.17, 15) is 9.59 Å². The first-order chi connectivity index (χ1) is 8.06. The first-order valence-corrected chi connectivity index (χ1v) is 5.43. The highest BCUT2D eigenvalue weighted by molar-refractivity contribution is 6.32. The summed E-state index contributed by atoms with van der Waals surface area (Å²) in [4.78, 5) is 26.2. The molecule has 0 saturated carbocycles. The molecule has 17 heavy (non-hydrogen) atoms. The van der Waals surface area contributed by atoms with E-state index in [-0.39, 0.29) is 0 Å². The van der Waals surface area contributed by atoms with Gasteiger partial charge in [0.25, 0.3) is 0 Å². The average Bonchev–Trinajstić information content (AvgIpc) is 2.76. The number of aromatic nitrogens is 2. The molecule has 0 bridgehead atoms. The van der Waals surface area contributed by atoms with E-state index in [1.54, 1.807) is 6.20 Å². The Hall–Kier alpha value is -1.85. The number of rotatable bonds is 4. The molecule has 0 aliphatic rings. The van der Waals surface area contributed by atoms with Crippen molar-refractivity contribution in [3.63, 3.8) is 0 Å². The molecule has 6 heteroatoms. The third-order valence-electron chi connectivity index (χ3n) is 2.27. The van der Waals surface area contributed by atoms with Gasteiger partial charge in [-0.25, -0.2) is 9.78 Å². The summed E-state index contributed by atoms with van der Waals surface area (Å²) in [7, 11) is 1.18. The number of nitrogens with one attached hydrogen (secondary N) is 1. The monoisotopic (exact) mass is 239 g/mol. The third kappa shape index (κ3) is 3.58. The second-order valence-electron chi connectivity index (χ2n) is 3.88. The van der Waals surface area contributed by atoms with Gasteiger partial charge in [0.2, 0.25) is 0 Å². The Morgan fingerprint density at radius 3 is 2.82 bits per heavy atom. The number of amides is 1. The molecule has 94 valence electrons. The van der Waals surface area contributed by atoms with Crippen LogP contribution in [0.15, 0.2) is 12.4 Å². The summed E-state index contributed by atoms with van der Waals surface area (Å²) in [5.74, 6) is -0.322. The number of hydrogen-bond donors (Lipinski definition) is 1. The summed E-state index contributed by atoms with van der Waals surface area (Å²) in [6.45, 7) is 5.04. The maximum absolute atomic E-state index is 11.1. The van der Waals surface area contributed by atoms with Crippen LogP contribution >= 0.6 is 0 Å². The predicted octanol–water partition coefficient (Wildman–Crippen LogP) is 0.296. The molecular weight excluding hydrogens is 222 g/mol. The standard InChI is InChI=1S/C11H17N3O3/c1-8(2)9-12-4-6-14(9)7-5-13-10(15)11(16)17-3/h4,6,8H,5,7H2,1-3H3,(H,13,15). The largest absolute Gasteiger partial charge is 0.462 e. The zero-order chi connectivity index (χ0) is 12.8. The minimum atomic E-state index is -0.875. The van der Waals surface area contributed by atoms with Crippen molar-refractivity contribution >= 4 is 11.9 Å². The van der Waals surface area contributed by atoms with Crippen molar-refractivity contribution in [2.45, 2.75) is 26.3 Å². The summed E-state index contributed by atoms with van der Waals surface area (Å²) in [6.07, 6.45) is 3.57. The van der Waals surface area contributed by atoms with E-state index in [1.807, 2.05) is 24.6 Å². The summed E-state index contributed by atoms with van der Waals surface area (Å²) < 4.78 is 6.24. The summed E-state index contributed by atoms with van der Waals surface area (Å²) in [5.41, 5.74) is 0. The molecule has 0 atom stereocenters. The molecule has 0 aromatic carbocycles. The zero-order valence-corrected chi connectivity index (χ0v) is 10.3. The van der Waals surface area contributed by atoms with Crippen LogP contribution in [0.25, 0.3) is 0 Å². The normalized spacial score (nSPS) is 10.4. The van der Waals surface area contributed by atoms with Gasteiger partial charge in [-0.05, 0) is 0 Å². The van der Waals surface area contributed by atoms with Crippen molar-refractivity contribution in [1.82, 2.24) is 14.9 Å². The molecule has 1 aromatic heterocycles. The van der Waals surface area contributed by atoms with Crippen LogP contribution in [0, 0.1) is 0 Å². The van der Waals surface area contributed by atoms with Crippen molar-refractivity contribution in [3.05, 3.63) is 18.2 Å². The highest BCUT2D eigenvalue weighted by Crippen LogP contribution is 2.10. The summed E-state index contributed by atoms with van der Waals surface area (Å²) in [6, 6.07) is 0. The number of methoxy groups -OCH3 is 1. The minimum absolute atomic E-state index is 0.321. The van der Waals surface area contributed by atoms with E-state index in [0.717, 1.165) is 5.82 Å². The maximum atomic E-state index is 11.1. The Labute approximate surface area is 100.0 Å². The van der Waals surface area contributed by atoms with Crippen LogP contribution in [-0.2, 0) is 20.9 Å². The van der Waals surface area contributed by atoms with Gasteiger partial charge >= 0.3 is 11.9 Å². The molecule has 0 fully saturated rings.